The van der Waals surface area contributed by atoms with Crippen molar-refractivity contribution in [2.24, 2.45) is 5.92 Å². The SMILES string of the molecule is CC1(C)CC(N2CCCC2)=CC=[N+]1Cc1ccc(C(=O)N2CC3C(c4ccccc4)CC(N4CCCC4)(CC3c3ccccc3)C2)cc1.[Cl-]. The molecule has 49 heavy (non-hydrogen) atoms. The lowest BCUT2D eigenvalue weighted by atomic mass is 9.61. The maximum atomic E-state index is 14.6. The van der Waals surface area contributed by atoms with Crippen LogP contribution < -0.4 is 12.4 Å². The van der Waals surface area contributed by atoms with Gasteiger partial charge < -0.3 is 22.2 Å². The fraction of sp³-hybridized carbons (Fsp3) is 0.488. The summed E-state index contributed by atoms with van der Waals surface area (Å²) in [5.74, 6) is 1.43. The number of carbonyl (C=O) groups excluding carboxylic acids is 1. The molecule has 1 amide bonds. The van der Waals surface area contributed by atoms with Gasteiger partial charge in [0.2, 0.25) is 0 Å². The lowest BCUT2D eigenvalue weighted by Gasteiger charge is -2.50. The molecule has 2 unspecified atom stereocenters. The highest BCUT2D eigenvalue weighted by molar-refractivity contribution is 5.94. The number of hydrogen-bond acceptors (Lipinski definition) is 3. The minimum Gasteiger partial charge on any atom is -1.00 e. The van der Waals surface area contributed by atoms with E-state index in [2.05, 4.69) is 130 Å². The van der Waals surface area contributed by atoms with E-state index in [0.29, 0.717) is 17.8 Å². The minimum atomic E-state index is -0.0166. The van der Waals surface area contributed by atoms with Gasteiger partial charge in [-0.1, -0.05) is 72.8 Å². The molecule has 2 atom stereocenters. The van der Waals surface area contributed by atoms with Crippen LogP contribution >= 0.6 is 0 Å². The number of hydrogen-bond donors (Lipinski definition) is 0. The van der Waals surface area contributed by atoms with E-state index in [1.165, 1.54) is 61.2 Å². The van der Waals surface area contributed by atoms with E-state index in [1.54, 1.807) is 0 Å². The van der Waals surface area contributed by atoms with Crippen LogP contribution in [0.4, 0.5) is 0 Å². The second-order valence-electron chi connectivity index (χ2n) is 16.0. The van der Waals surface area contributed by atoms with Crippen LogP contribution in [0.5, 0.6) is 0 Å². The monoisotopic (exact) mass is 676 g/mol. The van der Waals surface area contributed by atoms with Gasteiger partial charge in [0.15, 0.2) is 18.3 Å². The molecule has 0 aromatic heterocycles. The standard InChI is InChI=1S/C43H53N4O.ClH/c1-42(2)27-37(44-22-9-10-23-44)21-26-47(42)30-33-17-19-36(20-18-33)41(48)45-31-40-38(34-13-5-3-6-14-34)28-43(32-45,46-24-11-12-25-46)29-39(40)35-15-7-4-8-16-35;/h3-8,13-21,26,38-40H,9-12,22-25,27-32H2,1-2H3;1H/q+1;/p-1. The molecule has 3 aromatic rings. The Bertz CT molecular complexity index is 1610. The highest BCUT2D eigenvalue weighted by atomic mass is 35.5. The summed E-state index contributed by atoms with van der Waals surface area (Å²) in [5, 5.41) is 0. The molecule has 0 radical (unpaired) electrons. The summed E-state index contributed by atoms with van der Waals surface area (Å²) in [7, 11) is 0. The average molecular weight is 677 g/mol. The van der Waals surface area contributed by atoms with E-state index < -0.39 is 0 Å². The van der Waals surface area contributed by atoms with E-state index in [0.717, 1.165) is 57.5 Å². The number of halogens is 1. The van der Waals surface area contributed by atoms with Crippen molar-refractivity contribution in [2.45, 2.75) is 88.3 Å². The molecule has 0 spiro atoms. The fourth-order valence-corrected chi connectivity index (χ4v) is 9.98. The van der Waals surface area contributed by atoms with Crippen LogP contribution in [-0.4, -0.2) is 81.7 Å². The first kappa shape index (κ1) is 34.1. The number of carbonyl (C=O) groups is 1. The van der Waals surface area contributed by atoms with E-state index in [-0.39, 0.29) is 29.4 Å². The summed E-state index contributed by atoms with van der Waals surface area (Å²) in [6, 6.07) is 31.0. The molecular formula is C43H53ClN4O. The first-order valence-electron chi connectivity index (χ1n) is 18.7. The van der Waals surface area contributed by atoms with E-state index >= 15 is 0 Å². The Kier molecular flexibility index (Phi) is 9.78. The Labute approximate surface area is 300 Å². The lowest BCUT2D eigenvalue weighted by molar-refractivity contribution is -0.612. The largest absolute Gasteiger partial charge is 1.00 e. The molecule has 5 aliphatic heterocycles. The Morgan fingerprint density at radius 3 is 1.92 bits per heavy atom. The van der Waals surface area contributed by atoms with Gasteiger partial charge in [-0.3, -0.25) is 9.69 Å². The second kappa shape index (κ2) is 14.1. The van der Waals surface area contributed by atoms with Gasteiger partial charge in [-0.05, 0) is 92.6 Å². The van der Waals surface area contributed by atoms with Gasteiger partial charge in [0, 0.05) is 68.5 Å². The van der Waals surface area contributed by atoms with Crippen molar-refractivity contribution in [2.75, 3.05) is 39.3 Å². The Morgan fingerprint density at radius 2 is 1.35 bits per heavy atom. The Morgan fingerprint density at radius 1 is 0.776 bits per heavy atom. The number of amides is 1. The summed E-state index contributed by atoms with van der Waals surface area (Å²) < 4.78 is 2.48. The third-order valence-corrected chi connectivity index (χ3v) is 12.6. The van der Waals surface area contributed by atoms with Crippen LogP contribution in [0.25, 0.3) is 0 Å². The summed E-state index contributed by atoms with van der Waals surface area (Å²) >= 11 is 0. The van der Waals surface area contributed by atoms with Gasteiger partial charge in [-0.15, -0.1) is 0 Å². The van der Waals surface area contributed by atoms with Crippen LogP contribution in [0.3, 0.4) is 0 Å². The summed E-state index contributed by atoms with van der Waals surface area (Å²) in [6.07, 6.45) is 13.1. The zero-order valence-electron chi connectivity index (χ0n) is 29.4. The highest BCUT2D eigenvalue weighted by Crippen LogP contribution is 2.55. The van der Waals surface area contributed by atoms with Gasteiger partial charge in [0.05, 0.1) is 6.42 Å². The molecule has 5 fully saturated rings. The molecule has 1 aliphatic carbocycles. The number of rotatable bonds is 7. The highest BCUT2D eigenvalue weighted by Gasteiger charge is 2.54. The van der Waals surface area contributed by atoms with Crippen molar-refractivity contribution in [3.8, 4) is 0 Å². The number of likely N-dealkylation sites (tertiary alicyclic amines) is 2. The van der Waals surface area contributed by atoms with Crippen LogP contribution in [0.1, 0.15) is 97.7 Å². The topological polar surface area (TPSA) is 29.8 Å². The lowest BCUT2D eigenvalue weighted by Crippen LogP contribution is -3.00. The second-order valence-corrected chi connectivity index (χ2v) is 16.0. The predicted octanol–water partition coefficient (Wildman–Crippen LogP) is 4.70. The van der Waals surface area contributed by atoms with Crippen LogP contribution in [0.2, 0.25) is 0 Å². The van der Waals surface area contributed by atoms with Crippen LogP contribution in [0.15, 0.2) is 96.7 Å². The normalized spacial score (nSPS) is 28.1. The molecule has 6 aliphatic rings. The Balaban J connectivity index is 0.00000378. The molecule has 1 saturated carbocycles. The van der Waals surface area contributed by atoms with Gasteiger partial charge in [-0.2, -0.15) is 0 Å². The van der Waals surface area contributed by atoms with Crippen molar-refractivity contribution < 1.29 is 21.8 Å². The Hall–Kier alpha value is -3.41. The van der Waals surface area contributed by atoms with Crippen molar-refractivity contribution >= 4 is 12.1 Å². The van der Waals surface area contributed by atoms with Gasteiger partial charge in [-0.25, -0.2) is 4.58 Å². The minimum absolute atomic E-state index is 0. The number of allylic oxidation sites excluding steroid dienone is 1. The smallest absolute Gasteiger partial charge is 0.253 e. The van der Waals surface area contributed by atoms with Crippen LogP contribution in [0, 0.1) is 5.92 Å². The quantitative estimate of drug-likeness (QED) is 0.340. The predicted molar refractivity (Wildman–Crippen MR) is 195 cm³/mol. The summed E-state index contributed by atoms with van der Waals surface area (Å²) in [5.41, 5.74) is 6.47. The molecule has 6 heteroatoms. The first-order valence-corrected chi connectivity index (χ1v) is 18.7. The molecule has 2 bridgehead atoms. The molecule has 0 N–H and O–H groups in total. The van der Waals surface area contributed by atoms with Gasteiger partial charge in [0.1, 0.15) is 0 Å². The van der Waals surface area contributed by atoms with Gasteiger partial charge in [0.25, 0.3) is 5.91 Å². The molecule has 4 saturated heterocycles. The van der Waals surface area contributed by atoms with E-state index in [9.17, 15) is 4.79 Å². The van der Waals surface area contributed by atoms with Crippen molar-refractivity contribution in [1.82, 2.24) is 14.7 Å². The summed E-state index contributed by atoms with van der Waals surface area (Å²) in [4.78, 5) is 22.2. The van der Waals surface area contributed by atoms with E-state index in [4.69, 9.17) is 0 Å². The maximum Gasteiger partial charge on any atom is 0.253 e. The zero-order valence-corrected chi connectivity index (χ0v) is 30.2. The van der Waals surface area contributed by atoms with Crippen molar-refractivity contribution in [3.05, 3.63) is 119 Å². The maximum absolute atomic E-state index is 14.6. The molecule has 5 nitrogen and oxygen atoms in total. The van der Waals surface area contributed by atoms with Crippen molar-refractivity contribution in [1.29, 1.82) is 0 Å². The third kappa shape index (κ3) is 6.73. The molecule has 5 heterocycles. The number of benzene rings is 3. The summed E-state index contributed by atoms with van der Waals surface area (Å²) in [6.45, 7) is 11.9. The molecule has 258 valence electrons. The van der Waals surface area contributed by atoms with Crippen LogP contribution in [-0.2, 0) is 6.54 Å². The molecule has 9 rings (SSSR count). The number of nitrogens with zero attached hydrogens (tertiary/aromatic N) is 4. The zero-order chi connectivity index (χ0) is 32.7. The molecule has 3 aromatic carbocycles. The first-order chi connectivity index (χ1) is 23.4. The number of fused-ring (bicyclic) bond motifs is 4. The fourth-order valence-electron chi connectivity index (χ4n) is 9.98. The average Bonchev–Trinajstić information content (AvgIpc) is 3.81. The van der Waals surface area contributed by atoms with Gasteiger partial charge >= 0.3 is 0 Å². The van der Waals surface area contributed by atoms with Crippen molar-refractivity contribution in [3.63, 3.8) is 0 Å². The molecular weight excluding hydrogens is 624 g/mol. The third-order valence-electron chi connectivity index (χ3n) is 12.6. The van der Waals surface area contributed by atoms with E-state index in [1.807, 2.05) is 0 Å².